The highest BCUT2D eigenvalue weighted by Gasteiger charge is 2.23. The zero-order chi connectivity index (χ0) is 17.3. The monoisotopic (exact) mass is 333 g/mol. The van der Waals surface area contributed by atoms with Gasteiger partial charge in [-0.2, -0.15) is 0 Å². The number of carbonyl (C=O) groups excluding carboxylic acids is 1. The van der Waals surface area contributed by atoms with Gasteiger partial charge in [-0.15, -0.1) is 0 Å². The molecule has 0 bridgehead atoms. The zero-order valence-corrected chi connectivity index (χ0v) is 14.0. The summed E-state index contributed by atoms with van der Waals surface area (Å²) in [4.78, 5) is 19.9. The summed E-state index contributed by atoms with van der Waals surface area (Å²) in [6.07, 6.45) is 0. The second-order valence-electron chi connectivity index (χ2n) is 5.89. The fourth-order valence-electron chi connectivity index (χ4n) is 2.64. The molecule has 0 radical (unpaired) electrons. The van der Waals surface area contributed by atoms with E-state index in [0.717, 1.165) is 12.2 Å². The number of nitrogens with zero attached hydrogens (tertiary/aromatic N) is 3. The number of oxazole rings is 1. The van der Waals surface area contributed by atoms with Gasteiger partial charge in [0.05, 0.1) is 24.9 Å². The first kappa shape index (κ1) is 16.4. The van der Waals surface area contributed by atoms with Crippen molar-refractivity contribution in [3.05, 3.63) is 35.5 Å². The molecule has 1 fully saturated rings. The first-order valence-corrected chi connectivity index (χ1v) is 7.74. The van der Waals surface area contributed by atoms with Crippen molar-refractivity contribution < 1.29 is 18.3 Å². The van der Waals surface area contributed by atoms with E-state index in [0.29, 0.717) is 36.7 Å². The van der Waals surface area contributed by atoms with Gasteiger partial charge in [0.15, 0.2) is 0 Å². The predicted octanol–water partition coefficient (Wildman–Crippen LogP) is 2.07. The third kappa shape index (κ3) is 3.26. The van der Waals surface area contributed by atoms with E-state index in [1.165, 1.54) is 13.2 Å². The second-order valence-corrected chi connectivity index (χ2v) is 5.89. The van der Waals surface area contributed by atoms with Crippen molar-refractivity contribution in [2.75, 3.05) is 33.8 Å². The van der Waals surface area contributed by atoms with Gasteiger partial charge in [0.2, 0.25) is 11.8 Å². The lowest BCUT2D eigenvalue weighted by Crippen LogP contribution is -2.48. The van der Waals surface area contributed by atoms with E-state index in [2.05, 4.69) is 4.98 Å². The van der Waals surface area contributed by atoms with Gasteiger partial charge in [-0.3, -0.25) is 9.69 Å². The quantitative estimate of drug-likeness (QED) is 0.857. The average Bonchev–Trinajstić information content (AvgIpc) is 2.91. The van der Waals surface area contributed by atoms with Gasteiger partial charge in [-0.25, -0.2) is 9.37 Å². The van der Waals surface area contributed by atoms with E-state index in [-0.39, 0.29) is 11.8 Å². The number of aromatic nitrogens is 1. The molecule has 7 heteroatoms. The predicted molar refractivity (Wildman–Crippen MR) is 86.1 cm³/mol. The number of methoxy groups -OCH3 is 1. The maximum Gasteiger partial charge on any atom is 0.236 e. The Kier molecular flexibility index (Phi) is 4.53. The normalized spacial score (nSPS) is 15.8. The molecule has 2 heterocycles. The highest BCUT2D eigenvalue weighted by Crippen LogP contribution is 2.27. The number of hydrogen-bond donors (Lipinski definition) is 0. The number of benzene rings is 1. The number of likely N-dealkylation sites (N-methyl/N-ethyl adjacent to an activating group) is 1. The number of halogens is 1. The molecule has 24 heavy (non-hydrogen) atoms. The largest absolute Gasteiger partial charge is 0.497 e. The van der Waals surface area contributed by atoms with Crippen LogP contribution in [-0.2, 0) is 11.3 Å². The maximum absolute atomic E-state index is 14.2. The molecule has 0 spiro atoms. The van der Waals surface area contributed by atoms with Crippen LogP contribution in [0.2, 0.25) is 0 Å². The molecular formula is C17H20FN3O3. The van der Waals surface area contributed by atoms with Crippen molar-refractivity contribution in [1.29, 1.82) is 0 Å². The molecule has 0 aliphatic carbocycles. The Bertz CT molecular complexity index is 760. The third-order valence-electron chi connectivity index (χ3n) is 4.21. The van der Waals surface area contributed by atoms with Crippen molar-refractivity contribution in [2.24, 2.45) is 0 Å². The molecule has 0 unspecified atom stereocenters. The fraction of sp³-hybridized carbons (Fsp3) is 0.412. The van der Waals surface area contributed by atoms with Crippen molar-refractivity contribution in [2.45, 2.75) is 13.5 Å². The Morgan fingerprint density at radius 3 is 2.83 bits per heavy atom. The second kappa shape index (κ2) is 6.60. The Labute approximate surface area is 139 Å². The van der Waals surface area contributed by atoms with Crippen molar-refractivity contribution in [3.63, 3.8) is 0 Å². The Balaban J connectivity index is 1.79. The van der Waals surface area contributed by atoms with Crippen LogP contribution < -0.4 is 4.74 Å². The SMILES string of the molecule is COc1ccc(-c2nc(CN3CCN(C)C(=O)C3)c(C)o2)c(F)c1. The molecule has 0 atom stereocenters. The smallest absolute Gasteiger partial charge is 0.236 e. The number of ether oxygens (including phenoxy) is 1. The Morgan fingerprint density at radius 1 is 1.38 bits per heavy atom. The molecule has 0 saturated carbocycles. The van der Waals surface area contributed by atoms with Crippen LogP contribution in [0.3, 0.4) is 0 Å². The van der Waals surface area contributed by atoms with E-state index < -0.39 is 5.82 Å². The molecule has 0 N–H and O–H groups in total. The van der Waals surface area contributed by atoms with Gasteiger partial charge >= 0.3 is 0 Å². The summed E-state index contributed by atoms with van der Waals surface area (Å²) >= 11 is 0. The molecule has 128 valence electrons. The van der Waals surface area contributed by atoms with E-state index in [1.807, 2.05) is 4.90 Å². The van der Waals surface area contributed by atoms with Gasteiger partial charge in [0, 0.05) is 32.7 Å². The first-order valence-electron chi connectivity index (χ1n) is 7.74. The molecule has 1 aromatic heterocycles. The summed E-state index contributed by atoms with van der Waals surface area (Å²) in [6, 6.07) is 4.55. The summed E-state index contributed by atoms with van der Waals surface area (Å²) in [5, 5.41) is 0. The minimum atomic E-state index is -0.447. The van der Waals surface area contributed by atoms with Crippen LogP contribution in [0.5, 0.6) is 5.75 Å². The molecule has 1 amide bonds. The summed E-state index contributed by atoms with van der Waals surface area (Å²) in [5.74, 6) is 0.950. The van der Waals surface area contributed by atoms with Gasteiger partial charge in [-0.1, -0.05) is 0 Å². The van der Waals surface area contributed by atoms with Crippen molar-refractivity contribution in [1.82, 2.24) is 14.8 Å². The molecule has 1 aliphatic heterocycles. The van der Waals surface area contributed by atoms with E-state index in [9.17, 15) is 9.18 Å². The number of rotatable bonds is 4. The topological polar surface area (TPSA) is 58.8 Å². The van der Waals surface area contributed by atoms with Crippen LogP contribution in [0.25, 0.3) is 11.5 Å². The molecule has 2 aromatic rings. The van der Waals surface area contributed by atoms with Crippen LogP contribution in [0.4, 0.5) is 4.39 Å². The highest BCUT2D eigenvalue weighted by molar-refractivity contribution is 5.78. The molecule has 1 aromatic carbocycles. The lowest BCUT2D eigenvalue weighted by atomic mass is 10.2. The molecule has 3 rings (SSSR count). The minimum absolute atomic E-state index is 0.0869. The Hall–Kier alpha value is -2.41. The molecule has 1 aliphatic rings. The van der Waals surface area contributed by atoms with Gasteiger partial charge in [0.25, 0.3) is 0 Å². The molecule has 1 saturated heterocycles. The van der Waals surface area contributed by atoms with Crippen LogP contribution in [-0.4, -0.2) is 54.5 Å². The average molecular weight is 333 g/mol. The number of amides is 1. The van der Waals surface area contributed by atoms with Gasteiger partial charge < -0.3 is 14.1 Å². The van der Waals surface area contributed by atoms with Gasteiger partial charge in [-0.05, 0) is 19.1 Å². The summed E-state index contributed by atoms with van der Waals surface area (Å²) in [6.45, 7) is 4.13. The standard InChI is InChI=1S/C17H20FN3O3/c1-11-15(9-21-7-6-20(2)16(22)10-21)19-17(24-11)13-5-4-12(23-3)8-14(13)18/h4-5,8H,6-7,9-10H2,1-3H3. The summed E-state index contributed by atoms with van der Waals surface area (Å²) in [7, 11) is 3.28. The minimum Gasteiger partial charge on any atom is -0.497 e. The van der Waals surface area contributed by atoms with Crippen molar-refractivity contribution >= 4 is 5.91 Å². The number of carbonyl (C=O) groups is 1. The summed E-state index contributed by atoms with van der Waals surface area (Å²) < 4.78 is 24.8. The third-order valence-corrected chi connectivity index (χ3v) is 4.21. The Morgan fingerprint density at radius 2 is 2.17 bits per heavy atom. The lowest BCUT2D eigenvalue weighted by molar-refractivity contribution is -0.134. The fourth-order valence-corrected chi connectivity index (χ4v) is 2.64. The maximum atomic E-state index is 14.2. The number of aryl methyl sites for hydroxylation is 1. The highest BCUT2D eigenvalue weighted by atomic mass is 19.1. The zero-order valence-electron chi connectivity index (χ0n) is 14.0. The van der Waals surface area contributed by atoms with E-state index in [4.69, 9.17) is 9.15 Å². The lowest BCUT2D eigenvalue weighted by Gasteiger charge is -2.31. The van der Waals surface area contributed by atoms with Crippen LogP contribution in [0.1, 0.15) is 11.5 Å². The number of hydrogen-bond acceptors (Lipinski definition) is 5. The molecular weight excluding hydrogens is 313 g/mol. The van der Waals surface area contributed by atoms with Crippen molar-refractivity contribution in [3.8, 4) is 17.2 Å². The summed E-state index contributed by atoms with van der Waals surface area (Å²) in [5.41, 5.74) is 1.01. The number of piperazine rings is 1. The van der Waals surface area contributed by atoms with Crippen LogP contribution in [0, 0.1) is 12.7 Å². The molecule has 6 nitrogen and oxygen atoms in total. The van der Waals surface area contributed by atoms with Crippen LogP contribution in [0.15, 0.2) is 22.6 Å². The van der Waals surface area contributed by atoms with E-state index >= 15 is 0 Å². The first-order chi connectivity index (χ1) is 11.5. The van der Waals surface area contributed by atoms with Crippen LogP contribution >= 0.6 is 0 Å². The van der Waals surface area contributed by atoms with Gasteiger partial charge in [0.1, 0.15) is 17.3 Å². The van der Waals surface area contributed by atoms with E-state index in [1.54, 1.807) is 31.0 Å².